The van der Waals surface area contributed by atoms with E-state index in [4.69, 9.17) is 9.84 Å². The van der Waals surface area contributed by atoms with Crippen molar-refractivity contribution in [3.8, 4) is 0 Å². The lowest BCUT2D eigenvalue weighted by molar-refractivity contribution is -0.137. The smallest absolute Gasteiger partial charge is 0.414 e. The number of rotatable bonds is 4. The van der Waals surface area contributed by atoms with Crippen LogP contribution < -0.4 is 4.90 Å². The molecule has 1 unspecified atom stereocenters. The predicted octanol–water partition coefficient (Wildman–Crippen LogP) is 2.44. The van der Waals surface area contributed by atoms with Crippen LogP contribution in [0.25, 0.3) is 0 Å². The number of hydrogen-bond donors (Lipinski definition) is 1. The van der Waals surface area contributed by atoms with Crippen molar-refractivity contribution in [2.45, 2.75) is 32.2 Å². The first-order valence-electron chi connectivity index (χ1n) is 6.39. The standard InChI is InChI=1S/C14H17NO4/c1-2-10-5-3-4-6-12(10)15-11(9-13(16)17)7-8-19-14(15)18/h3-6,11H,2,7-9H2,1H3,(H,16,17). The van der Waals surface area contributed by atoms with Crippen LogP contribution in [0.2, 0.25) is 0 Å². The molecule has 0 aliphatic carbocycles. The molecule has 0 saturated carbocycles. The Morgan fingerprint density at radius 1 is 1.47 bits per heavy atom. The summed E-state index contributed by atoms with van der Waals surface area (Å²) in [4.78, 5) is 24.4. The minimum Gasteiger partial charge on any atom is -0.481 e. The number of amides is 1. The summed E-state index contributed by atoms with van der Waals surface area (Å²) in [5.74, 6) is -0.904. The van der Waals surface area contributed by atoms with Crippen molar-refractivity contribution in [3.05, 3.63) is 29.8 Å². The number of ether oxygens (including phenoxy) is 1. The SMILES string of the molecule is CCc1ccccc1N1C(=O)OCCC1CC(=O)O. The van der Waals surface area contributed by atoms with Gasteiger partial charge in [0.25, 0.3) is 0 Å². The molecule has 0 aromatic heterocycles. The fourth-order valence-corrected chi connectivity index (χ4v) is 2.36. The Bertz CT molecular complexity index is 486. The van der Waals surface area contributed by atoms with E-state index in [1.165, 1.54) is 4.90 Å². The molecule has 1 aromatic carbocycles. The molecule has 0 spiro atoms. The third kappa shape index (κ3) is 2.86. The lowest BCUT2D eigenvalue weighted by Crippen LogP contribution is -2.47. The lowest BCUT2D eigenvalue weighted by Gasteiger charge is -2.35. The molecule has 5 nitrogen and oxygen atoms in total. The summed E-state index contributed by atoms with van der Waals surface area (Å²) in [5, 5.41) is 8.96. The number of nitrogens with zero attached hydrogens (tertiary/aromatic N) is 1. The highest BCUT2D eigenvalue weighted by molar-refractivity contribution is 5.90. The first-order valence-corrected chi connectivity index (χ1v) is 6.39. The number of aliphatic carboxylic acids is 1. The molecule has 1 heterocycles. The fraction of sp³-hybridized carbons (Fsp3) is 0.429. The van der Waals surface area contributed by atoms with Crippen LogP contribution in [0.4, 0.5) is 10.5 Å². The Morgan fingerprint density at radius 3 is 2.89 bits per heavy atom. The number of benzene rings is 1. The van der Waals surface area contributed by atoms with Crippen molar-refractivity contribution in [1.29, 1.82) is 0 Å². The molecule has 2 rings (SSSR count). The van der Waals surface area contributed by atoms with E-state index in [2.05, 4.69) is 0 Å². The predicted molar refractivity (Wildman–Crippen MR) is 70.3 cm³/mol. The maximum absolute atomic E-state index is 12.0. The van der Waals surface area contributed by atoms with E-state index < -0.39 is 12.1 Å². The summed E-state index contributed by atoms with van der Waals surface area (Å²) >= 11 is 0. The number of aryl methyl sites for hydroxylation is 1. The van der Waals surface area contributed by atoms with Gasteiger partial charge in [0.05, 0.1) is 24.8 Å². The average Bonchev–Trinajstić information content (AvgIpc) is 2.38. The van der Waals surface area contributed by atoms with Crippen molar-refractivity contribution in [1.82, 2.24) is 0 Å². The highest BCUT2D eigenvalue weighted by atomic mass is 16.6. The topological polar surface area (TPSA) is 66.8 Å². The number of carbonyl (C=O) groups is 2. The molecule has 1 aliphatic heterocycles. The van der Waals surface area contributed by atoms with Gasteiger partial charge in [-0.3, -0.25) is 9.69 Å². The van der Waals surface area contributed by atoms with Crippen LogP contribution in [0, 0.1) is 0 Å². The lowest BCUT2D eigenvalue weighted by atomic mass is 10.0. The van der Waals surface area contributed by atoms with Gasteiger partial charge in [-0.05, 0) is 18.1 Å². The first kappa shape index (κ1) is 13.4. The van der Waals surface area contributed by atoms with Gasteiger partial charge in [-0.1, -0.05) is 25.1 Å². The molecule has 1 amide bonds. The van der Waals surface area contributed by atoms with Crippen molar-refractivity contribution < 1.29 is 19.4 Å². The van der Waals surface area contributed by atoms with Gasteiger partial charge in [0.1, 0.15) is 0 Å². The zero-order chi connectivity index (χ0) is 13.8. The van der Waals surface area contributed by atoms with Crippen molar-refractivity contribution in [2.75, 3.05) is 11.5 Å². The molecular weight excluding hydrogens is 246 g/mol. The van der Waals surface area contributed by atoms with E-state index in [9.17, 15) is 9.59 Å². The third-order valence-electron chi connectivity index (χ3n) is 3.28. The van der Waals surface area contributed by atoms with E-state index in [1.807, 2.05) is 31.2 Å². The molecule has 1 fully saturated rings. The highest BCUT2D eigenvalue weighted by Gasteiger charge is 2.33. The number of carbonyl (C=O) groups excluding carboxylic acids is 1. The zero-order valence-corrected chi connectivity index (χ0v) is 10.8. The van der Waals surface area contributed by atoms with Crippen LogP contribution in [0.5, 0.6) is 0 Å². The van der Waals surface area contributed by atoms with Gasteiger partial charge in [0.2, 0.25) is 0 Å². The average molecular weight is 263 g/mol. The Hall–Kier alpha value is -2.04. The Labute approximate surface area is 111 Å². The summed E-state index contributed by atoms with van der Waals surface area (Å²) in [6, 6.07) is 7.18. The summed E-state index contributed by atoms with van der Waals surface area (Å²) < 4.78 is 5.05. The van der Waals surface area contributed by atoms with Crippen LogP contribution in [0.3, 0.4) is 0 Å². The van der Waals surface area contributed by atoms with E-state index in [0.717, 1.165) is 17.7 Å². The van der Waals surface area contributed by atoms with Gasteiger partial charge in [0.15, 0.2) is 0 Å². The van der Waals surface area contributed by atoms with Gasteiger partial charge in [0, 0.05) is 6.42 Å². The Balaban J connectivity index is 2.35. The molecule has 102 valence electrons. The number of anilines is 1. The quantitative estimate of drug-likeness (QED) is 0.906. The summed E-state index contributed by atoms with van der Waals surface area (Å²) in [7, 11) is 0. The van der Waals surface area contributed by atoms with Gasteiger partial charge < -0.3 is 9.84 Å². The van der Waals surface area contributed by atoms with Crippen LogP contribution in [0.15, 0.2) is 24.3 Å². The Morgan fingerprint density at radius 2 is 2.21 bits per heavy atom. The summed E-state index contributed by atoms with van der Waals surface area (Å²) in [6.07, 6.45) is 0.793. The molecule has 0 radical (unpaired) electrons. The molecule has 1 aliphatic rings. The molecule has 1 atom stereocenters. The Kier molecular flexibility index (Phi) is 4.04. The third-order valence-corrected chi connectivity index (χ3v) is 3.28. The van der Waals surface area contributed by atoms with Gasteiger partial charge in [-0.25, -0.2) is 4.79 Å². The van der Waals surface area contributed by atoms with Crippen LogP contribution in [0.1, 0.15) is 25.3 Å². The van der Waals surface area contributed by atoms with Gasteiger partial charge in [-0.15, -0.1) is 0 Å². The summed E-state index contributed by atoms with van der Waals surface area (Å²) in [6.45, 7) is 2.28. The maximum Gasteiger partial charge on any atom is 0.414 e. The molecule has 5 heteroatoms. The second-order valence-electron chi connectivity index (χ2n) is 4.51. The van der Waals surface area contributed by atoms with Crippen molar-refractivity contribution in [3.63, 3.8) is 0 Å². The van der Waals surface area contributed by atoms with E-state index in [0.29, 0.717) is 6.42 Å². The van der Waals surface area contributed by atoms with Crippen molar-refractivity contribution >= 4 is 17.7 Å². The molecule has 19 heavy (non-hydrogen) atoms. The second-order valence-corrected chi connectivity index (χ2v) is 4.51. The largest absolute Gasteiger partial charge is 0.481 e. The van der Waals surface area contributed by atoms with Crippen molar-refractivity contribution in [2.24, 2.45) is 0 Å². The molecular formula is C14H17NO4. The van der Waals surface area contributed by atoms with Crippen LogP contribution >= 0.6 is 0 Å². The number of carboxylic acids is 1. The van der Waals surface area contributed by atoms with E-state index >= 15 is 0 Å². The number of cyclic esters (lactones) is 1. The maximum atomic E-state index is 12.0. The minimum atomic E-state index is -0.904. The number of carboxylic acid groups (broad SMARTS) is 1. The minimum absolute atomic E-state index is 0.0624. The fourth-order valence-electron chi connectivity index (χ4n) is 2.36. The zero-order valence-electron chi connectivity index (χ0n) is 10.8. The monoisotopic (exact) mass is 263 g/mol. The van der Waals surface area contributed by atoms with Crippen LogP contribution in [-0.2, 0) is 16.0 Å². The van der Waals surface area contributed by atoms with Gasteiger partial charge in [-0.2, -0.15) is 0 Å². The molecule has 1 N–H and O–H groups in total. The normalized spacial score (nSPS) is 19.1. The first-order chi connectivity index (χ1) is 9.13. The number of para-hydroxylation sites is 1. The molecule has 1 saturated heterocycles. The molecule has 0 bridgehead atoms. The van der Waals surface area contributed by atoms with E-state index in [-0.39, 0.29) is 19.1 Å². The second kappa shape index (κ2) is 5.73. The number of hydrogen-bond acceptors (Lipinski definition) is 3. The highest BCUT2D eigenvalue weighted by Crippen LogP contribution is 2.28. The van der Waals surface area contributed by atoms with Crippen LogP contribution in [-0.4, -0.2) is 29.8 Å². The van der Waals surface area contributed by atoms with Gasteiger partial charge >= 0.3 is 12.1 Å². The summed E-state index contributed by atoms with van der Waals surface area (Å²) in [5.41, 5.74) is 1.76. The van der Waals surface area contributed by atoms with E-state index in [1.54, 1.807) is 0 Å². The molecule has 1 aromatic rings.